The highest BCUT2D eigenvalue weighted by molar-refractivity contribution is 5.53. The number of aliphatic hydroxyl groups excluding tert-OH is 1. The van der Waals surface area contributed by atoms with Gasteiger partial charge in [0.05, 0.1) is 18.9 Å². The third kappa shape index (κ3) is 2.95. The van der Waals surface area contributed by atoms with E-state index in [4.69, 9.17) is 9.47 Å². The van der Waals surface area contributed by atoms with Crippen LogP contribution in [-0.2, 0) is 17.8 Å². The molecule has 1 aromatic heterocycles. The minimum Gasteiger partial charge on any atom is -0.487 e. The Morgan fingerprint density at radius 3 is 3.08 bits per heavy atom. The first-order chi connectivity index (χ1) is 11.8. The van der Waals surface area contributed by atoms with Crippen LogP contribution >= 0.6 is 0 Å². The molecular weight excluding hydrogens is 306 g/mol. The number of aromatic nitrogens is 2. The van der Waals surface area contributed by atoms with E-state index in [1.807, 2.05) is 18.2 Å². The van der Waals surface area contributed by atoms with Crippen LogP contribution in [0.1, 0.15) is 16.8 Å². The number of ether oxygens (including phenoxy) is 2. The average molecular weight is 327 g/mol. The number of aliphatic hydroxyl groups is 1. The summed E-state index contributed by atoms with van der Waals surface area (Å²) in [5.41, 5.74) is 3.19. The standard InChI is InChI=1S/C18H21N3O3/c22-9-13-8-21(5-6-23-10-13)18-15-7-14-3-1-2-4-17(14)24-11-16(15)19-12-20-18/h1-4,12-13,22H,5-11H2/t13-/m0/s1. The van der Waals surface area contributed by atoms with E-state index in [-0.39, 0.29) is 12.5 Å². The zero-order valence-electron chi connectivity index (χ0n) is 13.5. The Bertz CT molecular complexity index is 722. The van der Waals surface area contributed by atoms with Gasteiger partial charge < -0.3 is 19.5 Å². The zero-order chi connectivity index (χ0) is 16.4. The molecule has 0 saturated carbocycles. The van der Waals surface area contributed by atoms with Crippen molar-refractivity contribution >= 4 is 5.82 Å². The summed E-state index contributed by atoms with van der Waals surface area (Å²) in [7, 11) is 0. The molecule has 0 amide bonds. The fraction of sp³-hybridized carbons (Fsp3) is 0.444. The lowest BCUT2D eigenvalue weighted by molar-refractivity contribution is 0.0959. The Morgan fingerprint density at radius 2 is 2.17 bits per heavy atom. The van der Waals surface area contributed by atoms with Gasteiger partial charge in [-0.1, -0.05) is 18.2 Å². The summed E-state index contributed by atoms with van der Waals surface area (Å²) >= 11 is 0. The fourth-order valence-electron chi connectivity index (χ4n) is 3.33. The van der Waals surface area contributed by atoms with Crippen molar-refractivity contribution in [3.8, 4) is 5.75 Å². The number of rotatable bonds is 2. The molecule has 0 spiro atoms. The van der Waals surface area contributed by atoms with Crippen LogP contribution in [0.25, 0.3) is 0 Å². The smallest absolute Gasteiger partial charge is 0.136 e. The molecule has 4 rings (SSSR count). The van der Waals surface area contributed by atoms with E-state index in [0.717, 1.165) is 47.9 Å². The first kappa shape index (κ1) is 15.4. The van der Waals surface area contributed by atoms with E-state index < -0.39 is 0 Å². The van der Waals surface area contributed by atoms with E-state index in [1.165, 1.54) is 0 Å². The molecule has 0 radical (unpaired) electrons. The largest absolute Gasteiger partial charge is 0.487 e. The van der Waals surface area contributed by atoms with Crippen LogP contribution in [0.2, 0.25) is 0 Å². The molecule has 126 valence electrons. The summed E-state index contributed by atoms with van der Waals surface area (Å²) in [4.78, 5) is 11.2. The van der Waals surface area contributed by atoms with Gasteiger partial charge in [-0.15, -0.1) is 0 Å². The van der Waals surface area contributed by atoms with Gasteiger partial charge in [0.15, 0.2) is 0 Å². The number of hydrogen-bond acceptors (Lipinski definition) is 6. The predicted octanol–water partition coefficient (Wildman–Crippen LogP) is 1.40. The van der Waals surface area contributed by atoms with Crippen LogP contribution in [0, 0.1) is 5.92 Å². The first-order valence-electron chi connectivity index (χ1n) is 8.32. The Labute approximate surface area is 141 Å². The highest BCUT2D eigenvalue weighted by atomic mass is 16.5. The third-order valence-electron chi connectivity index (χ3n) is 4.61. The maximum Gasteiger partial charge on any atom is 0.136 e. The molecule has 6 nitrogen and oxygen atoms in total. The van der Waals surface area contributed by atoms with Crippen LogP contribution < -0.4 is 9.64 Å². The second-order valence-electron chi connectivity index (χ2n) is 6.27. The van der Waals surface area contributed by atoms with E-state index in [0.29, 0.717) is 19.8 Å². The monoisotopic (exact) mass is 327 g/mol. The minimum atomic E-state index is 0.104. The van der Waals surface area contributed by atoms with Gasteiger partial charge in [-0.3, -0.25) is 0 Å². The van der Waals surface area contributed by atoms with Crippen molar-refractivity contribution in [2.24, 2.45) is 5.92 Å². The number of anilines is 1. The third-order valence-corrected chi connectivity index (χ3v) is 4.61. The van der Waals surface area contributed by atoms with Crippen molar-refractivity contribution in [1.29, 1.82) is 0 Å². The summed E-state index contributed by atoms with van der Waals surface area (Å²) < 4.78 is 11.5. The maximum absolute atomic E-state index is 9.53. The van der Waals surface area contributed by atoms with E-state index in [2.05, 4.69) is 20.9 Å². The van der Waals surface area contributed by atoms with E-state index in [9.17, 15) is 5.11 Å². The van der Waals surface area contributed by atoms with Crippen LogP contribution in [0.5, 0.6) is 5.75 Å². The van der Waals surface area contributed by atoms with Crippen LogP contribution in [0.15, 0.2) is 30.6 Å². The quantitative estimate of drug-likeness (QED) is 0.899. The molecule has 0 bridgehead atoms. The zero-order valence-corrected chi connectivity index (χ0v) is 13.5. The van der Waals surface area contributed by atoms with Gasteiger partial charge in [-0.25, -0.2) is 9.97 Å². The Balaban J connectivity index is 1.71. The van der Waals surface area contributed by atoms with Gasteiger partial charge in [-0.05, 0) is 11.6 Å². The number of nitrogens with zero attached hydrogens (tertiary/aromatic N) is 3. The lowest BCUT2D eigenvalue weighted by Crippen LogP contribution is -2.33. The lowest BCUT2D eigenvalue weighted by Gasteiger charge is -2.26. The van der Waals surface area contributed by atoms with Crippen LogP contribution in [0.3, 0.4) is 0 Å². The highest BCUT2D eigenvalue weighted by Crippen LogP contribution is 2.32. The topological polar surface area (TPSA) is 67.7 Å². The normalized spacial score (nSPS) is 20.4. The SMILES string of the molecule is OC[C@H]1COCCN(c2ncnc3c2Cc2ccccc2OC3)C1. The van der Waals surface area contributed by atoms with Crippen molar-refractivity contribution in [1.82, 2.24) is 9.97 Å². The maximum atomic E-state index is 9.53. The molecule has 1 atom stereocenters. The molecule has 0 aliphatic carbocycles. The summed E-state index contributed by atoms with van der Waals surface area (Å²) in [5, 5.41) is 9.53. The van der Waals surface area contributed by atoms with Gasteiger partial charge >= 0.3 is 0 Å². The molecule has 24 heavy (non-hydrogen) atoms. The molecule has 1 fully saturated rings. The van der Waals surface area contributed by atoms with Gasteiger partial charge in [0.1, 0.15) is 24.5 Å². The van der Waals surface area contributed by atoms with Gasteiger partial charge in [0, 0.05) is 37.6 Å². The van der Waals surface area contributed by atoms with E-state index >= 15 is 0 Å². The molecule has 6 heteroatoms. The lowest BCUT2D eigenvalue weighted by atomic mass is 10.0. The number of benzene rings is 1. The summed E-state index contributed by atoms with van der Waals surface area (Å²) in [6.07, 6.45) is 2.36. The van der Waals surface area contributed by atoms with Gasteiger partial charge in [0.2, 0.25) is 0 Å². The summed E-state index contributed by atoms with van der Waals surface area (Å²) in [6.45, 7) is 3.31. The predicted molar refractivity (Wildman–Crippen MR) is 89.2 cm³/mol. The molecule has 1 saturated heterocycles. The first-order valence-corrected chi connectivity index (χ1v) is 8.32. The highest BCUT2D eigenvalue weighted by Gasteiger charge is 2.25. The van der Waals surface area contributed by atoms with Crippen molar-refractivity contribution in [2.45, 2.75) is 13.0 Å². The number of fused-ring (bicyclic) bond motifs is 2. The van der Waals surface area contributed by atoms with Crippen molar-refractivity contribution in [3.63, 3.8) is 0 Å². The molecule has 2 aromatic rings. The van der Waals surface area contributed by atoms with Crippen LogP contribution in [-0.4, -0.2) is 48.0 Å². The van der Waals surface area contributed by atoms with Crippen molar-refractivity contribution in [2.75, 3.05) is 37.8 Å². The molecule has 2 aliphatic rings. The minimum absolute atomic E-state index is 0.104. The second-order valence-corrected chi connectivity index (χ2v) is 6.27. The van der Waals surface area contributed by atoms with Crippen molar-refractivity contribution < 1.29 is 14.6 Å². The molecule has 1 aromatic carbocycles. The van der Waals surface area contributed by atoms with Gasteiger partial charge in [-0.2, -0.15) is 0 Å². The van der Waals surface area contributed by atoms with Crippen molar-refractivity contribution in [3.05, 3.63) is 47.4 Å². The molecule has 3 heterocycles. The Kier molecular flexibility index (Phi) is 4.32. The molecule has 0 unspecified atom stereocenters. The summed E-state index contributed by atoms with van der Waals surface area (Å²) in [5.74, 6) is 1.95. The molecule has 1 N–H and O–H groups in total. The fourth-order valence-corrected chi connectivity index (χ4v) is 3.33. The second kappa shape index (κ2) is 6.75. The van der Waals surface area contributed by atoms with E-state index in [1.54, 1.807) is 6.33 Å². The number of hydrogen-bond donors (Lipinski definition) is 1. The molecule has 2 aliphatic heterocycles. The van der Waals surface area contributed by atoms with Gasteiger partial charge in [0.25, 0.3) is 0 Å². The Morgan fingerprint density at radius 1 is 1.25 bits per heavy atom. The molecular formula is C18H21N3O3. The average Bonchev–Trinajstić information content (AvgIpc) is 2.97. The Hall–Kier alpha value is -2.18. The van der Waals surface area contributed by atoms with Crippen LogP contribution in [0.4, 0.5) is 5.82 Å². The summed E-state index contributed by atoms with van der Waals surface area (Å²) in [6, 6.07) is 8.09. The number of para-hydroxylation sites is 1.